The Hall–Kier alpha value is -2.68. The van der Waals surface area contributed by atoms with Crippen molar-refractivity contribution in [1.29, 1.82) is 0 Å². The molecule has 3 heteroatoms. The first-order valence-corrected chi connectivity index (χ1v) is 8.77. The molecule has 0 N–H and O–H groups in total. The van der Waals surface area contributed by atoms with Crippen molar-refractivity contribution in [3.63, 3.8) is 0 Å². The molecule has 0 bridgehead atoms. The average molecular weight is 350 g/mol. The summed E-state index contributed by atoms with van der Waals surface area (Å²) < 4.78 is 5.23. The summed E-state index contributed by atoms with van der Waals surface area (Å²) >= 11 is 0. The number of ketones is 1. The van der Waals surface area contributed by atoms with Crippen molar-refractivity contribution in [2.45, 2.75) is 46.1 Å². The second kappa shape index (κ2) is 8.13. The third kappa shape index (κ3) is 5.41. The van der Waals surface area contributed by atoms with Crippen molar-refractivity contribution >= 4 is 17.8 Å². The molecule has 26 heavy (non-hydrogen) atoms. The third-order valence-electron chi connectivity index (χ3n) is 4.19. The molecule has 0 fully saturated rings. The van der Waals surface area contributed by atoms with Gasteiger partial charge in [0, 0.05) is 11.6 Å². The summed E-state index contributed by atoms with van der Waals surface area (Å²) in [6.07, 6.45) is 2.19. The maximum Gasteiger partial charge on any atom is 0.331 e. The molecule has 0 spiro atoms. The normalized spacial score (nSPS) is 12.8. The fourth-order valence-electron chi connectivity index (χ4n) is 2.48. The number of carbonyl (C=O) groups excluding carboxylic acids is 2. The topological polar surface area (TPSA) is 43.4 Å². The van der Waals surface area contributed by atoms with Crippen LogP contribution in [0.4, 0.5) is 0 Å². The molecule has 136 valence electrons. The molecule has 0 radical (unpaired) electrons. The van der Waals surface area contributed by atoms with Crippen molar-refractivity contribution in [1.82, 2.24) is 0 Å². The standard InChI is InChI=1S/C23H26O3/c1-16-6-8-18(9-7-16)10-15-21(24)26-17(2)22(25)19-11-13-20(14-12-19)23(3,4)5/h6-15,17H,1-5H3/b15-10+/t17-/m1/s1. The fourth-order valence-corrected chi connectivity index (χ4v) is 2.48. The predicted molar refractivity (Wildman–Crippen MR) is 105 cm³/mol. The largest absolute Gasteiger partial charge is 0.451 e. The quantitative estimate of drug-likeness (QED) is 0.427. The molecule has 0 amide bonds. The third-order valence-corrected chi connectivity index (χ3v) is 4.19. The molecule has 0 aliphatic carbocycles. The number of esters is 1. The molecule has 0 saturated heterocycles. The van der Waals surface area contributed by atoms with Gasteiger partial charge in [-0.15, -0.1) is 0 Å². The van der Waals surface area contributed by atoms with Crippen LogP contribution in [0.25, 0.3) is 6.08 Å². The second-order valence-corrected chi connectivity index (χ2v) is 7.51. The van der Waals surface area contributed by atoms with Crippen LogP contribution < -0.4 is 0 Å². The van der Waals surface area contributed by atoms with Crippen LogP contribution in [0.15, 0.2) is 54.6 Å². The average Bonchev–Trinajstić information content (AvgIpc) is 2.60. The Labute approximate surface area is 155 Å². The van der Waals surface area contributed by atoms with Gasteiger partial charge in [0.1, 0.15) is 0 Å². The van der Waals surface area contributed by atoms with Crippen LogP contribution in [0.3, 0.4) is 0 Å². The van der Waals surface area contributed by atoms with Crippen molar-refractivity contribution in [2.75, 3.05) is 0 Å². The number of ether oxygens (including phenoxy) is 1. The van der Waals surface area contributed by atoms with Gasteiger partial charge in [0.25, 0.3) is 0 Å². The Morgan fingerprint density at radius 1 is 0.962 bits per heavy atom. The van der Waals surface area contributed by atoms with E-state index in [1.54, 1.807) is 25.1 Å². The van der Waals surface area contributed by atoms with E-state index in [2.05, 4.69) is 20.8 Å². The lowest BCUT2D eigenvalue weighted by atomic mass is 9.86. The van der Waals surface area contributed by atoms with Crippen molar-refractivity contribution in [2.24, 2.45) is 0 Å². The zero-order valence-electron chi connectivity index (χ0n) is 16.1. The Bertz CT molecular complexity index is 791. The lowest BCUT2D eigenvalue weighted by Gasteiger charge is -2.19. The molecule has 2 rings (SSSR count). The van der Waals surface area contributed by atoms with E-state index < -0.39 is 12.1 Å². The number of Topliss-reactive ketones (excluding diaryl/α,β-unsaturated/α-hetero) is 1. The molecule has 0 aliphatic heterocycles. The predicted octanol–water partition coefficient (Wildman–Crippen LogP) is 5.12. The molecule has 2 aromatic carbocycles. The number of aryl methyl sites for hydroxylation is 1. The van der Waals surface area contributed by atoms with Crippen LogP contribution in [0.2, 0.25) is 0 Å². The zero-order valence-corrected chi connectivity index (χ0v) is 16.1. The SMILES string of the molecule is Cc1ccc(/C=C/C(=O)O[C@H](C)C(=O)c2ccc(C(C)(C)C)cc2)cc1. The monoisotopic (exact) mass is 350 g/mol. The summed E-state index contributed by atoms with van der Waals surface area (Å²) in [6.45, 7) is 9.96. The van der Waals surface area contributed by atoms with Gasteiger partial charge >= 0.3 is 5.97 Å². The van der Waals surface area contributed by atoms with E-state index in [9.17, 15) is 9.59 Å². The molecule has 0 heterocycles. The second-order valence-electron chi connectivity index (χ2n) is 7.51. The van der Waals surface area contributed by atoms with Crippen LogP contribution in [-0.2, 0) is 14.9 Å². The summed E-state index contributed by atoms with van der Waals surface area (Å²) in [7, 11) is 0. The number of carbonyl (C=O) groups is 2. The van der Waals surface area contributed by atoms with Crippen LogP contribution in [0.5, 0.6) is 0 Å². The molecule has 0 aromatic heterocycles. The Balaban J connectivity index is 1.97. The van der Waals surface area contributed by atoms with E-state index in [4.69, 9.17) is 4.74 Å². The van der Waals surface area contributed by atoms with Crippen LogP contribution in [-0.4, -0.2) is 17.9 Å². The van der Waals surface area contributed by atoms with E-state index in [0.29, 0.717) is 5.56 Å². The van der Waals surface area contributed by atoms with Gasteiger partial charge in [-0.05, 0) is 36.5 Å². The molecule has 0 unspecified atom stereocenters. The Kier molecular flexibility index (Phi) is 6.14. The smallest absolute Gasteiger partial charge is 0.331 e. The summed E-state index contributed by atoms with van der Waals surface area (Å²) in [5.74, 6) is -0.736. The zero-order chi connectivity index (χ0) is 19.3. The van der Waals surface area contributed by atoms with Gasteiger partial charge in [-0.1, -0.05) is 74.9 Å². The maximum atomic E-state index is 12.5. The lowest BCUT2D eigenvalue weighted by molar-refractivity contribution is -0.140. The van der Waals surface area contributed by atoms with E-state index >= 15 is 0 Å². The first-order chi connectivity index (χ1) is 12.2. The first kappa shape index (κ1) is 19.6. The van der Waals surface area contributed by atoms with Crippen molar-refractivity contribution in [3.8, 4) is 0 Å². The minimum atomic E-state index is -0.828. The molecule has 0 aliphatic rings. The first-order valence-electron chi connectivity index (χ1n) is 8.77. The fraction of sp³-hybridized carbons (Fsp3) is 0.304. The summed E-state index contributed by atoms with van der Waals surface area (Å²) in [6, 6.07) is 15.2. The van der Waals surface area contributed by atoms with Gasteiger partial charge in [-0.2, -0.15) is 0 Å². The number of hydrogen-bond acceptors (Lipinski definition) is 3. The van der Waals surface area contributed by atoms with Crippen LogP contribution >= 0.6 is 0 Å². The lowest BCUT2D eigenvalue weighted by Crippen LogP contribution is -2.23. The maximum absolute atomic E-state index is 12.5. The van der Waals surface area contributed by atoms with Gasteiger partial charge in [-0.3, -0.25) is 4.79 Å². The molecule has 1 atom stereocenters. The van der Waals surface area contributed by atoms with Crippen molar-refractivity contribution in [3.05, 3.63) is 76.9 Å². The molecular weight excluding hydrogens is 324 g/mol. The minimum absolute atomic E-state index is 0.0282. The molecular formula is C23H26O3. The Morgan fingerprint density at radius 3 is 2.08 bits per heavy atom. The van der Waals surface area contributed by atoms with Gasteiger partial charge < -0.3 is 4.74 Å². The molecule has 2 aromatic rings. The highest BCUT2D eigenvalue weighted by Crippen LogP contribution is 2.22. The van der Waals surface area contributed by atoms with Gasteiger partial charge in [-0.25, -0.2) is 4.79 Å². The van der Waals surface area contributed by atoms with E-state index in [1.807, 2.05) is 43.3 Å². The highest BCUT2D eigenvalue weighted by Gasteiger charge is 2.20. The highest BCUT2D eigenvalue weighted by molar-refractivity contribution is 6.01. The van der Waals surface area contributed by atoms with E-state index in [0.717, 1.165) is 16.7 Å². The van der Waals surface area contributed by atoms with E-state index in [1.165, 1.54) is 6.08 Å². The molecule has 3 nitrogen and oxygen atoms in total. The van der Waals surface area contributed by atoms with E-state index in [-0.39, 0.29) is 11.2 Å². The van der Waals surface area contributed by atoms with Gasteiger partial charge in [0.05, 0.1) is 0 Å². The number of benzene rings is 2. The summed E-state index contributed by atoms with van der Waals surface area (Å²) in [5.41, 5.74) is 3.78. The molecule has 0 saturated carbocycles. The van der Waals surface area contributed by atoms with Crippen molar-refractivity contribution < 1.29 is 14.3 Å². The number of hydrogen-bond donors (Lipinski definition) is 0. The minimum Gasteiger partial charge on any atom is -0.451 e. The van der Waals surface area contributed by atoms with Crippen LogP contribution in [0, 0.1) is 6.92 Å². The van der Waals surface area contributed by atoms with Gasteiger partial charge in [0.15, 0.2) is 6.10 Å². The van der Waals surface area contributed by atoms with Gasteiger partial charge in [0.2, 0.25) is 5.78 Å². The number of rotatable bonds is 5. The highest BCUT2D eigenvalue weighted by atomic mass is 16.5. The summed E-state index contributed by atoms with van der Waals surface area (Å²) in [5, 5.41) is 0. The summed E-state index contributed by atoms with van der Waals surface area (Å²) in [4.78, 5) is 24.4. The van der Waals surface area contributed by atoms with Crippen LogP contribution in [0.1, 0.15) is 54.7 Å². The Morgan fingerprint density at radius 2 is 1.54 bits per heavy atom.